The van der Waals surface area contributed by atoms with E-state index in [1.807, 2.05) is 20.2 Å². The zero-order valence-electron chi connectivity index (χ0n) is 15.4. The second-order valence-corrected chi connectivity index (χ2v) is 7.73. The minimum Gasteiger partial charge on any atom is -0.370 e. The van der Waals surface area contributed by atoms with Crippen LogP contribution in [-0.2, 0) is 11.3 Å². The van der Waals surface area contributed by atoms with Gasteiger partial charge in [-0.25, -0.2) is 4.98 Å². The van der Waals surface area contributed by atoms with Crippen LogP contribution in [0, 0.1) is 20.8 Å². The summed E-state index contributed by atoms with van der Waals surface area (Å²) >= 11 is 1.72. The molecule has 0 amide bonds. The van der Waals surface area contributed by atoms with Gasteiger partial charge in [-0.3, -0.25) is 4.99 Å². The quantitative estimate of drug-likeness (QED) is 0.676. The van der Waals surface area contributed by atoms with Gasteiger partial charge in [0.05, 0.1) is 24.7 Å². The Labute approximate surface area is 153 Å². The smallest absolute Gasteiger partial charge is 0.194 e. The van der Waals surface area contributed by atoms with E-state index in [2.05, 4.69) is 52.2 Å². The summed E-state index contributed by atoms with van der Waals surface area (Å²) in [5.74, 6) is 0.920. The number of ether oxygens (including phenoxy) is 1. The zero-order chi connectivity index (χ0) is 17.8. The fraction of sp³-hybridized carbons (Fsp3) is 0.474. The van der Waals surface area contributed by atoms with Gasteiger partial charge in [-0.15, -0.1) is 11.3 Å². The molecule has 0 aliphatic carbocycles. The van der Waals surface area contributed by atoms with Crippen LogP contribution in [0.1, 0.15) is 32.7 Å². The first kappa shape index (κ1) is 17.9. The first-order valence-electron chi connectivity index (χ1n) is 8.62. The Balaban J connectivity index is 1.66. The van der Waals surface area contributed by atoms with Crippen molar-refractivity contribution in [2.24, 2.45) is 4.99 Å². The SMILES string of the molecule is CN=C(NCc1cnc(C)s1)N1CCOC(c2ccc(C)cc2C)C1. The van der Waals surface area contributed by atoms with Crippen molar-refractivity contribution in [1.29, 1.82) is 0 Å². The lowest BCUT2D eigenvalue weighted by molar-refractivity contribution is -0.00834. The molecule has 2 aromatic rings. The summed E-state index contributed by atoms with van der Waals surface area (Å²) in [5, 5.41) is 4.55. The van der Waals surface area contributed by atoms with Gasteiger partial charge in [0.2, 0.25) is 0 Å². The number of aromatic nitrogens is 1. The number of benzene rings is 1. The van der Waals surface area contributed by atoms with Crippen LogP contribution in [-0.4, -0.2) is 42.6 Å². The molecule has 6 heteroatoms. The molecule has 1 N–H and O–H groups in total. The van der Waals surface area contributed by atoms with E-state index < -0.39 is 0 Å². The third-order valence-corrected chi connectivity index (χ3v) is 5.35. The van der Waals surface area contributed by atoms with Crippen molar-refractivity contribution in [2.45, 2.75) is 33.4 Å². The third-order valence-electron chi connectivity index (χ3n) is 4.44. The molecule has 1 atom stereocenters. The second kappa shape index (κ2) is 7.97. The summed E-state index contributed by atoms with van der Waals surface area (Å²) in [5.41, 5.74) is 3.84. The normalized spacial score (nSPS) is 18.5. The van der Waals surface area contributed by atoms with E-state index in [0.29, 0.717) is 6.61 Å². The number of rotatable bonds is 3. The lowest BCUT2D eigenvalue weighted by Crippen LogP contribution is -2.48. The van der Waals surface area contributed by atoms with Gasteiger partial charge in [0.1, 0.15) is 6.10 Å². The van der Waals surface area contributed by atoms with Crippen LogP contribution in [0.5, 0.6) is 0 Å². The summed E-state index contributed by atoms with van der Waals surface area (Å²) in [6.45, 7) is 9.43. The molecular weight excluding hydrogens is 332 g/mol. The van der Waals surface area contributed by atoms with Gasteiger partial charge < -0.3 is 15.0 Å². The number of nitrogens with one attached hydrogen (secondary N) is 1. The van der Waals surface area contributed by atoms with E-state index in [1.54, 1.807) is 11.3 Å². The topological polar surface area (TPSA) is 49.8 Å². The van der Waals surface area contributed by atoms with Gasteiger partial charge in [0.15, 0.2) is 5.96 Å². The highest BCUT2D eigenvalue weighted by Crippen LogP contribution is 2.26. The molecule has 1 aliphatic rings. The molecule has 1 fully saturated rings. The molecule has 1 aromatic carbocycles. The van der Waals surface area contributed by atoms with Gasteiger partial charge >= 0.3 is 0 Å². The Hall–Kier alpha value is -1.92. The van der Waals surface area contributed by atoms with Crippen molar-refractivity contribution in [1.82, 2.24) is 15.2 Å². The zero-order valence-corrected chi connectivity index (χ0v) is 16.2. The number of aliphatic imine (C=N–C) groups is 1. The van der Waals surface area contributed by atoms with Crippen LogP contribution in [0.25, 0.3) is 0 Å². The summed E-state index contributed by atoms with van der Waals surface area (Å²) in [7, 11) is 1.84. The number of thiazole rings is 1. The van der Waals surface area contributed by atoms with Crippen LogP contribution >= 0.6 is 11.3 Å². The van der Waals surface area contributed by atoms with E-state index in [-0.39, 0.29) is 6.10 Å². The monoisotopic (exact) mass is 358 g/mol. The fourth-order valence-electron chi connectivity index (χ4n) is 3.20. The molecule has 5 nitrogen and oxygen atoms in total. The van der Waals surface area contributed by atoms with Crippen LogP contribution < -0.4 is 5.32 Å². The molecule has 0 radical (unpaired) electrons. The number of hydrogen-bond donors (Lipinski definition) is 1. The summed E-state index contributed by atoms with van der Waals surface area (Å²) in [6.07, 6.45) is 2.01. The molecule has 0 spiro atoms. The standard InChI is InChI=1S/C19H26N4OS/c1-13-5-6-17(14(2)9-13)18-12-23(7-8-24-18)19(20-4)22-11-16-10-21-15(3)25-16/h5-6,9-10,18H,7-8,11-12H2,1-4H3,(H,20,22). The molecule has 0 saturated carbocycles. The van der Waals surface area contributed by atoms with Gasteiger partial charge in [0.25, 0.3) is 0 Å². The van der Waals surface area contributed by atoms with Crippen LogP contribution in [0.2, 0.25) is 0 Å². The maximum atomic E-state index is 6.04. The maximum absolute atomic E-state index is 6.04. The highest BCUT2D eigenvalue weighted by molar-refractivity contribution is 7.11. The molecule has 1 aliphatic heterocycles. The summed E-state index contributed by atoms with van der Waals surface area (Å²) in [4.78, 5) is 12.3. The van der Waals surface area contributed by atoms with Crippen molar-refractivity contribution in [2.75, 3.05) is 26.7 Å². The Kier molecular flexibility index (Phi) is 5.71. The average Bonchev–Trinajstić information content (AvgIpc) is 3.01. The maximum Gasteiger partial charge on any atom is 0.194 e. The predicted octanol–water partition coefficient (Wildman–Crippen LogP) is 3.22. The number of nitrogens with zero attached hydrogens (tertiary/aromatic N) is 3. The Morgan fingerprint density at radius 3 is 2.92 bits per heavy atom. The number of guanidine groups is 1. The number of aryl methyl sites for hydroxylation is 3. The minimum absolute atomic E-state index is 0.0820. The molecule has 1 saturated heterocycles. The molecule has 3 rings (SSSR count). The van der Waals surface area contributed by atoms with Crippen molar-refractivity contribution in [3.8, 4) is 0 Å². The highest BCUT2D eigenvalue weighted by Gasteiger charge is 2.25. The number of hydrogen-bond acceptors (Lipinski definition) is 4. The van der Waals surface area contributed by atoms with E-state index in [9.17, 15) is 0 Å². The van der Waals surface area contributed by atoms with E-state index in [4.69, 9.17) is 4.74 Å². The molecule has 1 unspecified atom stereocenters. The van der Waals surface area contributed by atoms with E-state index >= 15 is 0 Å². The molecule has 25 heavy (non-hydrogen) atoms. The van der Waals surface area contributed by atoms with Crippen LogP contribution in [0.4, 0.5) is 0 Å². The molecule has 1 aromatic heterocycles. The Morgan fingerprint density at radius 1 is 1.40 bits per heavy atom. The first-order valence-corrected chi connectivity index (χ1v) is 9.44. The minimum atomic E-state index is 0.0820. The Bertz CT molecular complexity index is 756. The third kappa shape index (κ3) is 4.38. The van der Waals surface area contributed by atoms with Crippen LogP contribution in [0.15, 0.2) is 29.4 Å². The predicted molar refractivity (Wildman–Crippen MR) is 103 cm³/mol. The van der Waals surface area contributed by atoms with Gasteiger partial charge in [-0.05, 0) is 31.9 Å². The molecular formula is C19H26N4OS. The molecule has 134 valence electrons. The first-order chi connectivity index (χ1) is 12.1. The summed E-state index contributed by atoms with van der Waals surface area (Å²) < 4.78 is 6.04. The number of morpholine rings is 1. The highest BCUT2D eigenvalue weighted by atomic mass is 32.1. The fourth-order valence-corrected chi connectivity index (χ4v) is 3.94. The van der Waals surface area contributed by atoms with Gasteiger partial charge in [-0.1, -0.05) is 23.8 Å². The van der Waals surface area contributed by atoms with Gasteiger partial charge in [-0.2, -0.15) is 0 Å². The molecule has 0 bridgehead atoms. The van der Waals surface area contributed by atoms with Crippen molar-refractivity contribution in [3.05, 3.63) is 51.0 Å². The summed E-state index contributed by atoms with van der Waals surface area (Å²) in [6, 6.07) is 6.57. The van der Waals surface area contributed by atoms with Gasteiger partial charge in [0, 0.05) is 24.7 Å². The lowest BCUT2D eigenvalue weighted by Gasteiger charge is -2.35. The van der Waals surface area contributed by atoms with Crippen molar-refractivity contribution >= 4 is 17.3 Å². The molecule has 2 heterocycles. The van der Waals surface area contributed by atoms with E-state index in [0.717, 1.165) is 30.6 Å². The largest absolute Gasteiger partial charge is 0.370 e. The average molecular weight is 359 g/mol. The van der Waals surface area contributed by atoms with Crippen molar-refractivity contribution < 1.29 is 4.74 Å². The second-order valence-electron chi connectivity index (χ2n) is 6.41. The van der Waals surface area contributed by atoms with E-state index in [1.165, 1.54) is 21.6 Å². The lowest BCUT2D eigenvalue weighted by atomic mass is 10.00. The van der Waals surface area contributed by atoms with Crippen LogP contribution in [0.3, 0.4) is 0 Å². The Morgan fingerprint density at radius 2 is 2.24 bits per heavy atom. The van der Waals surface area contributed by atoms with Crippen molar-refractivity contribution in [3.63, 3.8) is 0 Å².